The van der Waals surface area contributed by atoms with E-state index in [-0.39, 0.29) is 5.60 Å². The fourth-order valence-corrected chi connectivity index (χ4v) is 1.84. The Morgan fingerprint density at radius 3 is 2.50 bits per heavy atom. The van der Waals surface area contributed by atoms with E-state index in [1.54, 1.807) is 7.11 Å². The van der Waals surface area contributed by atoms with E-state index in [4.69, 9.17) is 16.3 Å². The standard InChI is InChI=1S/C10H11ClO/c1-12-10(6-7-10)8-4-2-3-5-9(8)11/h2-5H,6-7H2,1H3. The third kappa shape index (κ3) is 1.13. The second kappa shape index (κ2) is 2.75. The Labute approximate surface area is 77.3 Å². The van der Waals surface area contributed by atoms with Crippen molar-refractivity contribution in [2.24, 2.45) is 0 Å². The monoisotopic (exact) mass is 182 g/mol. The van der Waals surface area contributed by atoms with Crippen molar-refractivity contribution >= 4 is 11.6 Å². The van der Waals surface area contributed by atoms with Crippen LogP contribution in [0.4, 0.5) is 0 Å². The highest BCUT2D eigenvalue weighted by Crippen LogP contribution is 2.50. The molecule has 1 aliphatic carbocycles. The van der Waals surface area contributed by atoms with Crippen molar-refractivity contribution in [1.29, 1.82) is 0 Å². The van der Waals surface area contributed by atoms with Crippen molar-refractivity contribution in [3.05, 3.63) is 34.9 Å². The maximum atomic E-state index is 6.05. The van der Waals surface area contributed by atoms with Crippen LogP contribution in [-0.2, 0) is 10.3 Å². The summed E-state index contributed by atoms with van der Waals surface area (Å²) >= 11 is 6.05. The van der Waals surface area contributed by atoms with Gasteiger partial charge in [-0.2, -0.15) is 0 Å². The largest absolute Gasteiger partial charge is 0.373 e. The molecule has 2 rings (SSSR count). The summed E-state index contributed by atoms with van der Waals surface area (Å²) in [5, 5.41) is 0.817. The molecule has 1 saturated carbocycles. The van der Waals surface area contributed by atoms with Crippen LogP contribution < -0.4 is 0 Å². The number of ether oxygens (including phenoxy) is 1. The topological polar surface area (TPSA) is 9.23 Å². The predicted octanol–water partition coefficient (Wildman–Crippen LogP) is 2.98. The van der Waals surface area contributed by atoms with Gasteiger partial charge in [0, 0.05) is 17.7 Å². The molecule has 0 radical (unpaired) electrons. The maximum Gasteiger partial charge on any atom is 0.0944 e. The third-order valence-electron chi connectivity index (χ3n) is 2.46. The Hall–Kier alpha value is -0.530. The van der Waals surface area contributed by atoms with Crippen molar-refractivity contribution < 1.29 is 4.74 Å². The van der Waals surface area contributed by atoms with Crippen LogP contribution in [0.25, 0.3) is 0 Å². The Bertz CT molecular complexity index is 292. The van der Waals surface area contributed by atoms with Gasteiger partial charge < -0.3 is 4.74 Å². The molecule has 12 heavy (non-hydrogen) atoms. The summed E-state index contributed by atoms with van der Waals surface area (Å²) in [4.78, 5) is 0. The normalized spacial score (nSPS) is 19.2. The van der Waals surface area contributed by atoms with Gasteiger partial charge in [0.05, 0.1) is 5.60 Å². The molecular weight excluding hydrogens is 172 g/mol. The summed E-state index contributed by atoms with van der Waals surface area (Å²) in [5.74, 6) is 0. The van der Waals surface area contributed by atoms with Crippen LogP contribution >= 0.6 is 11.6 Å². The number of methoxy groups -OCH3 is 1. The Morgan fingerprint density at radius 1 is 1.33 bits per heavy atom. The molecule has 2 heteroatoms. The van der Waals surface area contributed by atoms with E-state index in [9.17, 15) is 0 Å². The lowest BCUT2D eigenvalue weighted by Crippen LogP contribution is -2.08. The molecule has 1 aromatic rings. The zero-order valence-electron chi connectivity index (χ0n) is 7.01. The van der Waals surface area contributed by atoms with Crippen molar-refractivity contribution in [2.75, 3.05) is 7.11 Å². The smallest absolute Gasteiger partial charge is 0.0944 e. The van der Waals surface area contributed by atoms with E-state index in [1.807, 2.05) is 24.3 Å². The van der Waals surface area contributed by atoms with E-state index in [0.29, 0.717) is 0 Å². The molecule has 0 aromatic heterocycles. The molecule has 0 atom stereocenters. The van der Waals surface area contributed by atoms with Crippen molar-refractivity contribution in [1.82, 2.24) is 0 Å². The molecule has 0 bridgehead atoms. The highest BCUT2D eigenvalue weighted by atomic mass is 35.5. The minimum Gasteiger partial charge on any atom is -0.373 e. The zero-order valence-corrected chi connectivity index (χ0v) is 7.77. The molecule has 0 N–H and O–H groups in total. The molecule has 1 aromatic carbocycles. The maximum absolute atomic E-state index is 6.05. The molecule has 1 nitrogen and oxygen atoms in total. The summed E-state index contributed by atoms with van der Waals surface area (Å²) in [7, 11) is 1.75. The van der Waals surface area contributed by atoms with Crippen LogP contribution in [0.5, 0.6) is 0 Å². The van der Waals surface area contributed by atoms with E-state index >= 15 is 0 Å². The quantitative estimate of drug-likeness (QED) is 0.684. The summed E-state index contributed by atoms with van der Waals surface area (Å²) in [6, 6.07) is 7.90. The molecule has 0 aliphatic heterocycles. The average molecular weight is 183 g/mol. The second-order valence-electron chi connectivity index (χ2n) is 3.18. The van der Waals surface area contributed by atoms with Crippen LogP contribution in [-0.4, -0.2) is 7.11 Å². The van der Waals surface area contributed by atoms with Gasteiger partial charge in [0.1, 0.15) is 0 Å². The van der Waals surface area contributed by atoms with Crippen molar-refractivity contribution in [3.8, 4) is 0 Å². The van der Waals surface area contributed by atoms with Gasteiger partial charge in [-0.1, -0.05) is 29.8 Å². The molecule has 1 aliphatic rings. The summed E-state index contributed by atoms with van der Waals surface area (Å²) in [6.45, 7) is 0. The first-order chi connectivity index (χ1) is 5.78. The molecule has 0 saturated heterocycles. The van der Waals surface area contributed by atoms with E-state index in [2.05, 4.69) is 0 Å². The van der Waals surface area contributed by atoms with Gasteiger partial charge in [0.15, 0.2) is 0 Å². The van der Waals surface area contributed by atoms with Gasteiger partial charge in [-0.15, -0.1) is 0 Å². The minimum atomic E-state index is -0.0572. The van der Waals surface area contributed by atoms with Crippen LogP contribution in [0, 0.1) is 0 Å². The van der Waals surface area contributed by atoms with E-state index in [0.717, 1.165) is 23.4 Å². The lowest BCUT2D eigenvalue weighted by atomic mass is 10.1. The van der Waals surface area contributed by atoms with Crippen molar-refractivity contribution in [2.45, 2.75) is 18.4 Å². The second-order valence-corrected chi connectivity index (χ2v) is 3.59. The lowest BCUT2D eigenvalue weighted by Gasteiger charge is -2.14. The highest BCUT2D eigenvalue weighted by Gasteiger charge is 2.45. The number of benzene rings is 1. The number of hydrogen-bond donors (Lipinski definition) is 0. The molecule has 0 heterocycles. The third-order valence-corrected chi connectivity index (χ3v) is 2.79. The van der Waals surface area contributed by atoms with Gasteiger partial charge in [0.25, 0.3) is 0 Å². The van der Waals surface area contributed by atoms with Crippen LogP contribution in [0.3, 0.4) is 0 Å². The van der Waals surface area contributed by atoms with Crippen LogP contribution in [0.2, 0.25) is 5.02 Å². The van der Waals surface area contributed by atoms with Gasteiger partial charge in [-0.3, -0.25) is 0 Å². The van der Waals surface area contributed by atoms with Gasteiger partial charge >= 0.3 is 0 Å². The van der Waals surface area contributed by atoms with Gasteiger partial charge in [-0.05, 0) is 18.9 Å². The number of hydrogen-bond acceptors (Lipinski definition) is 1. The molecule has 0 unspecified atom stereocenters. The fraction of sp³-hybridized carbons (Fsp3) is 0.400. The van der Waals surface area contributed by atoms with Crippen LogP contribution in [0.1, 0.15) is 18.4 Å². The fourth-order valence-electron chi connectivity index (χ4n) is 1.53. The first-order valence-corrected chi connectivity index (χ1v) is 4.46. The highest BCUT2D eigenvalue weighted by molar-refractivity contribution is 6.31. The molecule has 0 spiro atoms. The molecule has 0 amide bonds. The van der Waals surface area contributed by atoms with Crippen LogP contribution in [0.15, 0.2) is 24.3 Å². The van der Waals surface area contributed by atoms with Gasteiger partial charge in [-0.25, -0.2) is 0 Å². The van der Waals surface area contributed by atoms with Gasteiger partial charge in [0.2, 0.25) is 0 Å². The van der Waals surface area contributed by atoms with Crippen molar-refractivity contribution in [3.63, 3.8) is 0 Å². The first-order valence-electron chi connectivity index (χ1n) is 4.09. The molecule has 64 valence electrons. The zero-order chi connectivity index (χ0) is 8.60. The Balaban J connectivity index is 2.40. The summed E-state index contributed by atoms with van der Waals surface area (Å²) < 4.78 is 5.43. The van der Waals surface area contributed by atoms with E-state index in [1.165, 1.54) is 0 Å². The SMILES string of the molecule is COC1(c2ccccc2Cl)CC1. The first kappa shape index (κ1) is 8.09. The summed E-state index contributed by atoms with van der Waals surface area (Å²) in [6.07, 6.45) is 2.18. The number of rotatable bonds is 2. The molecule has 1 fully saturated rings. The average Bonchev–Trinajstić information content (AvgIpc) is 2.86. The minimum absolute atomic E-state index is 0.0572. The lowest BCUT2D eigenvalue weighted by molar-refractivity contribution is 0.0790. The number of halogens is 1. The predicted molar refractivity (Wildman–Crippen MR) is 49.4 cm³/mol. The molecular formula is C10H11ClO. The Morgan fingerprint density at radius 2 is 2.00 bits per heavy atom. The Kier molecular flexibility index (Phi) is 1.85. The van der Waals surface area contributed by atoms with E-state index < -0.39 is 0 Å². The summed E-state index contributed by atoms with van der Waals surface area (Å²) in [5.41, 5.74) is 1.08.